The fourth-order valence-corrected chi connectivity index (χ4v) is 1.33. The lowest BCUT2D eigenvalue weighted by molar-refractivity contribution is 0.417. The van der Waals surface area contributed by atoms with Crippen LogP contribution in [0.2, 0.25) is 0 Å². The van der Waals surface area contributed by atoms with Crippen LogP contribution in [-0.4, -0.2) is 10.5 Å². The quantitative estimate of drug-likeness (QED) is 0.812. The van der Waals surface area contributed by atoms with Crippen molar-refractivity contribution >= 4 is 0 Å². The van der Waals surface area contributed by atoms with Gasteiger partial charge in [-0.2, -0.15) is 0 Å². The molecule has 0 fully saturated rings. The number of hydrogen-bond acceptors (Lipinski definition) is 3. The smallest absolute Gasteiger partial charge is 0.181 e. The van der Waals surface area contributed by atoms with Gasteiger partial charge in [-0.3, -0.25) is 0 Å². The topological polar surface area (TPSA) is 38.1 Å². The molecule has 1 aromatic heterocycles. The Bertz CT molecular complexity index is 286. The van der Waals surface area contributed by atoms with Gasteiger partial charge in [0.2, 0.25) is 0 Å². The van der Waals surface area contributed by atoms with Crippen molar-refractivity contribution < 1.29 is 4.42 Å². The molecule has 0 saturated carbocycles. The number of nitrogens with zero attached hydrogens (tertiary/aromatic N) is 1. The zero-order chi connectivity index (χ0) is 11.3. The highest BCUT2D eigenvalue weighted by Gasteiger charge is 2.12. The summed E-state index contributed by atoms with van der Waals surface area (Å²) < 4.78 is 5.38. The highest BCUT2D eigenvalue weighted by molar-refractivity contribution is 5.07. The molecule has 0 amide bonds. The van der Waals surface area contributed by atoms with Gasteiger partial charge in [-0.05, 0) is 27.2 Å². The predicted molar refractivity (Wildman–Crippen MR) is 61.7 cm³/mol. The van der Waals surface area contributed by atoms with Gasteiger partial charge in [-0.25, -0.2) is 4.98 Å². The average Bonchev–Trinajstić information content (AvgIpc) is 2.57. The summed E-state index contributed by atoms with van der Waals surface area (Å²) in [5, 5.41) is 3.42. The molecule has 0 unspecified atom stereocenters. The molecule has 86 valence electrons. The van der Waals surface area contributed by atoms with E-state index in [1.807, 2.05) is 0 Å². The molecule has 0 radical (unpaired) electrons. The van der Waals surface area contributed by atoms with Crippen molar-refractivity contribution in [3.05, 3.63) is 17.8 Å². The Morgan fingerprint density at radius 1 is 1.40 bits per heavy atom. The summed E-state index contributed by atoms with van der Waals surface area (Å²) in [6.07, 6.45) is 4.90. The monoisotopic (exact) mass is 210 g/mol. The predicted octanol–water partition coefficient (Wildman–Crippen LogP) is 2.91. The van der Waals surface area contributed by atoms with Crippen molar-refractivity contribution in [3.8, 4) is 0 Å². The minimum Gasteiger partial charge on any atom is -0.448 e. The van der Waals surface area contributed by atoms with Crippen LogP contribution in [-0.2, 0) is 13.0 Å². The first-order valence-corrected chi connectivity index (χ1v) is 5.69. The first-order valence-electron chi connectivity index (χ1n) is 5.69. The number of aryl methyl sites for hydroxylation is 1. The van der Waals surface area contributed by atoms with Crippen LogP contribution < -0.4 is 5.32 Å². The molecule has 15 heavy (non-hydrogen) atoms. The van der Waals surface area contributed by atoms with E-state index in [4.69, 9.17) is 4.42 Å². The van der Waals surface area contributed by atoms with Crippen LogP contribution in [0.5, 0.6) is 0 Å². The Morgan fingerprint density at radius 3 is 2.73 bits per heavy atom. The number of aromatic nitrogens is 1. The van der Waals surface area contributed by atoms with Crippen LogP contribution in [0, 0.1) is 0 Å². The highest BCUT2D eigenvalue weighted by Crippen LogP contribution is 2.11. The third kappa shape index (κ3) is 4.47. The fraction of sp³-hybridized carbons (Fsp3) is 0.750. The Labute approximate surface area is 92.3 Å². The van der Waals surface area contributed by atoms with Gasteiger partial charge < -0.3 is 9.73 Å². The van der Waals surface area contributed by atoms with E-state index in [2.05, 4.69) is 38.0 Å². The van der Waals surface area contributed by atoms with E-state index >= 15 is 0 Å². The van der Waals surface area contributed by atoms with Crippen LogP contribution in [0.15, 0.2) is 10.8 Å². The van der Waals surface area contributed by atoms with Crippen LogP contribution in [0.4, 0.5) is 0 Å². The first-order chi connectivity index (χ1) is 7.03. The maximum Gasteiger partial charge on any atom is 0.181 e. The molecule has 0 aromatic carbocycles. The molecule has 0 aliphatic carbocycles. The minimum absolute atomic E-state index is 0.126. The van der Waals surface area contributed by atoms with Crippen LogP contribution >= 0.6 is 0 Å². The first kappa shape index (κ1) is 12.2. The summed E-state index contributed by atoms with van der Waals surface area (Å²) in [4.78, 5) is 4.24. The SMILES string of the molecule is CCCCc1ocnc1CNC(C)(C)C. The van der Waals surface area contributed by atoms with Gasteiger partial charge >= 0.3 is 0 Å². The minimum atomic E-state index is 0.126. The van der Waals surface area contributed by atoms with E-state index in [1.165, 1.54) is 6.42 Å². The van der Waals surface area contributed by atoms with Gasteiger partial charge in [0.05, 0.1) is 5.69 Å². The maximum absolute atomic E-state index is 5.38. The molecule has 1 rings (SSSR count). The largest absolute Gasteiger partial charge is 0.448 e. The van der Waals surface area contributed by atoms with E-state index in [9.17, 15) is 0 Å². The summed E-state index contributed by atoms with van der Waals surface area (Å²) in [5.74, 6) is 1.04. The number of unbranched alkanes of at least 4 members (excludes halogenated alkanes) is 1. The lowest BCUT2D eigenvalue weighted by atomic mass is 10.1. The van der Waals surface area contributed by atoms with Crippen molar-refractivity contribution in [2.24, 2.45) is 0 Å². The maximum atomic E-state index is 5.38. The van der Waals surface area contributed by atoms with Gasteiger partial charge in [0.1, 0.15) is 5.76 Å². The molecule has 3 heteroatoms. The van der Waals surface area contributed by atoms with E-state index in [-0.39, 0.29) is 5.54 Å². The number of hydrogen-bond donors (Lipinski definition) is 1. The Kier molecular flexibility index (Phi) is 4.33. The van der Waals surface area contributed by atoms with Gasteiger partial charge in [-0.15, -0.1) is 0 Å². The molecule has 0 atom stereocenters. The second kappa shape index (κ2) is 5.31. The van der Waals surface area contributed by atoms with E-state index in [0.717, 1.165) is 30.8 Å². The zero-order valence-electron chi connectivity index (χ0n) is 10.3. The third-order valence-corrected chi connectivity index (χ3v) is 2.27. The Morgan fingerprint density at radius 2 is 2.13 bits per heavy atom. The summed E-state index contributed by atoms with van der Waals surface area (Å²) in [5.41, 5.74) is 1.18. The van der Waals surface area contributed by atoms with Gasteiger partial charge in [0.15, 0.2) is 6.39 Å². The summed E-state index contributed by atoms with van der Waals surface area (Å²) in [6.45, 7) is 9.43. The summed E-state index contributed by atoms with van der Waals surface area (Å²) >= 11 is 0. The normalized spacial score (nSPS) is 12.0. The summed E-state index contributed by atoms with van der Waals surface area (Å²) in [6, 6.07) is 0. The molecule has 0 aliphatic rings. The van der Waals surface area contributed by atoms with Crippen LogP contribution in [0.25, 0.3) is 0 Å². The van der Waals surface area contributed by atoms with E-state index < -0.39 is 0 Å². The van der Waals surface area contributed by atoms with Crippen LogP contribution in [0.1, 0.15) is 52.0 Å². The molecule has 3 nitrogen and oxygen atoms in total. The summed E-state index contributed by atoms with van der Waals surface area (Å²) in [7, 11) is 0. The van der Waals surface area contributed by atoms with E-state index in [1.54, 1.807) is 6.39 Å². The van der Waals surface area contributed by atoms with Crippen molar-refractivity contribution in [1.82, 2.24) is 10.3 Å². The average molecular weight is 210 g/mol. The molecule has 1 N–H and O–H groups in total. The number of nitrogens with one attached hydrogen (secondary N) is 1. The molecule has 0 saturated heterocycles. The Hall–Kier alpha value is -0.830. The number of rotatable bonds is 5. The highest BCUT2D eigenvalue weighted by atomic mass is 16.3. The third-order valence-electron chi connectivity index (χ3n) is 2.27. The molecule has 1 heterocycles. The molecular formula is C12H22N2O. The molecule has 0 bridgehead atoms. The van der Waals surface area contributed by atoms with Gasteiger partial charge in [-0.1, -0.05) is 13.3 Å². The van der Waals surface area contributed by atoms with E-state index in [0.29, 0.717) is 0 Å². The molecule has 0 spiro atoms. The molecule has 0 aliphatic heterocycles. The van der Waals surface area contributed by atoms with Crippen LogP contribution in [0.3, 0.4) is 0 Å². The lowest BCUT2D eigenvalue weighted by Gasteiger charge is -2.19. The van der Waals surface area contributed by atoms with Gasteiger partial charge in [0.25, 0.3) is 0 Å². The lowest BCUT2D eigenvalue weighted by Crippen LogP contribution is -2.35. The molecule has 1 aromatic rings. The van der Waals surface area contributed by atoms with Crippen molar-refractivity contribution in [1.29, 1.82) is 0 Å². The van der Waals surface area contributed by atoms with Crippen molar-refractivity contribution in [3.63, 3.8) is 0 Å². The fourth-order valence-electron chi connectivity index (χ4n) is 1.33. The standard InChI is InChI=1S/C12H22N2O/c1-5-6-7-11-10(13-9-15-11)8-14-12(2,3)4/h9,14H,5-8H2,1-4H3. The van der Waals surface area contributed by atoms with Crippen molar-refractivity contribution in [2.45, 2.75) is 59.0 Å². The van der Waals surface area contributed by atoms with Crippen molar-refractivity contribution in [2.75, 3.05) is 0 Å². The Balaban J connectivity index is 2.50. The second-order valence-corrected chi connectivity index (χ2v) is 4.93. The molecular weight excluding hydrogens is 188 g/mol. The number of oxazole rings is 1. The second-order valence-electron chi connectivity index (χ2n) is 4.93. The van der Waals surface area contributed by atoms with Gasteiger partial charge in [0, 0.05) is 18.5 Å². The zero-order valence-corrected chi connectivity index (χ0v) is 10.3.